The quantitative estimate of drug-likeness (QED) is 0.206. The number of allylic oxidation sites excluding steroid dienone is 4. The Hall–Kier alpha value is -6.00. The molecule has 0 saturated heterocycles. The summed E-state index contributed by atoms with van der Waals surface area (Å²) in [6.45, 7) is 0. The predicted octanol–water partition coefficient (Wildman–Crippen LogP) is 11.2. The van der Waals surface area contributed by atoms with Crippen LogP contribution in [-0.2, 0) is 0 Å². The van der Waals surface area contributed by atoms with Crippen LogP contribution in [0.4, 0.5) is 0 Å². The summed E-state index contributed by atoms with van der Waals surface area (Å²) >= 11 is 0. The topological polar surface area (TPSA) is 43.9 Å². The molecule has 0 atom stereocenters. The second-order valence-corrected chi connectivity index (χ2v) is 12.0. The average molecular weight is 590 g/mol. The van der Waals surface area contributed by atoms with Crippen molar-refractivity contribution in [2.75, 3.05) is 0 Å². The van der Waals surface area contributed by atoms with Crippen LogP contribution in [0.25, 0.3) is 87.9 Å². The first-order valence-electron chi connectivity index (χ1n) is 15.8. The molecular weight excluding hydrogens is 562 g/mol. The smallest absolute Gasteiger partial charge is 0.162 e. The second kappa shape index (κ2) is 9.75. The Morgan fingerprint density at radius 3 is 2.20 bits per heavy atom. The van der Waals surface area contributed by atoms with Crippen LogP contribution in [0.1, 0.15) is 18.4 Å². The van der Waals surface area contributed by atoms with Gasteiger partial charge in [0.1, 0.15) is 11.2 Å². The number of nitrogens with zero attached hydrogens (tertiary/aromatic N) is 3. The maximum atomic E-state index is 7.06. The van der Waals surface area contributed by atoms with Crippen LogP contribution in [0.15, 0.2) is 144 Å². The van der Waals surface area contributed by atoms with E-state index in [4.69, 9.17) is 4.42 Å². The first kappa shape index (κ1) is 25.3. The minimum Gasteiger partial charge on any atom is -0.455 e. The molecule has 0 radical (unpaired) electrons. The Morgan fingerprint density at radius 1 is 0.587 bits per heavy atom. The number of rotatable bonds is 3. The van der Waals surface area contributed by atoms with Gasteiger partial charge in [0.05, 0.1) is 22.0 Å². The molecule has 0 bridgehead atoms. The van der Waals surface area contributed by atoms with Gasteiger partial charge >= 0.3 is 0 Å². The monoisotopic (exact) mass is 589 g/mol. The van der Waals surface area contributed by atoms with Gasteiger partial charge in [-0.05, 0) is 70.5 Å². The molecule has 0 fully saturated rings. The molecule has 3 heterocycles. The molecule has 216 valence electrons. The highest BCUT2D eigenvalue weighted by Gasteiger charge is 2.25. The Labute approximate surface area is 264 Å². The molecule has 0 N–H and O–H groups in total. The summed E-state index contributed by atoms with van der Waals surface area (Å²) in [4.78, 5) is 9.17. The van der Waals surface area contributed by atoms with Crippen molar-refractivity contribution in [2.24, 2.45) is 0 Å². The Balaban J connectivity index is 1.40. The fourth-order valence-corrected chi connectivity index (χ4v) is 7.52. The van der Waals surface area contributed by atoms with Crippen molar-refractivity contribution in [3.8, 4) is 17.1 Å². The van der Waals surface area contributed by atoms with Crippen LogP contribution in [0, 0.1) is 0 Å². The Kier molecular flexibility index (Phi) is 5.37. The third-order valence-corrected chi connectivity index (χ3v) is 9.51. The van der Waals surface area contributed by atoms with Gasteiger partial charge in [-0.15, -0.1) is 0 Å². The van der Waals surface area contributed by atoms with Crippen molar-refractivity contribution < 1.29 is 4.42 Å². The van der Waals surface area contributed by atoms with Crippen LogP contribution in [0.5, 0.6) is 0 Å². The Morgan fingerprint density at radius 2 is 1.37 bits per heavy atom. The van der Waals surface area contributed by atoms with Gasteiger partial charge in [-0.3, -0.25) is 0 Å². The van der Waals surface area contributed by atoms with Gasteiger partial charge in [0.25, 0.3) is 0 Å². The number of aromatic nitrogens is 3. The lowest BCUT2D eigenvalue weighted by Gasteiger charge is -2.12. The van der Waals surface area contributed by atoms with Crippen LogP contribution >= 0.6 is 0 Å². The third kappa shape index (κ3) is 3.55. The summed E-state index contributed by atoms with van der Waals surface area (Å²) in [6.07, 6.45) is 12.6. The zero-order chi connectivity index (χ0) is 30.2. The van der Waals surface area contributed by atoms with Gasteiger partial charge in [-0.1, -0.05) is 97.1 Å². The highest BCUT2D eigenvalue weighted by molar-refractivity contribution is 6.38. The number of benzene rings is 6. The number of fused-ring (bicyclic) bond motifs is 12. The van der Waals surface area contributed by atoms with Gasteiger partial charge in [0.2, 0.25) is 0 Å². The van der Waals surface area contributed by atoms with Crippen LogP contribution in [0.2, 0.25) is 0 Å². The summed E-state index contributed by atoms with van der Waals surface area (Å²) in [5.41, 5.74) is 8.55. The van der Waals surface area contributed by atoms with E-state index in [2.05, 4.69) is 136 Å². The maximum Gasteiger partial charge on any atom is 0.162 e. The molecule has 6 aromatic carbocycles. The van der Waals surface area contributed by atoms with E-state index in [1.54, 1.807) is 12.4 Å². The molecule has 46 heavy (non-hydrogen) atoms. The van der Waals surface area contributed by atoms with Crippen molar-refractivity contribution in [1.29, 1.82) is 0 Å². The van der Waals surface area contributed by atoms with E-state index in [1.807, 2.05) is 6.07 Å². The van der Waals surface area contributed by atoms with Crippen molar-refractivity contribution in [3.05, 3.63) is 145 Å². The summed E-state index contributed by atoms with van der Waals surface area (Å²) in [5, 5.41) is 9.28. The van der Waals surface area contributed by atoms with Gasteiger partial charge in [0.15, 0.2) is 5.82 Å². The molecule has 0 amide bonds. The SMILES string of the molecule is C1=CC(c2ccc(-n3c4ccc5ccccc5c4c4c5oc6c(-c7ncccn7)cccc6c5c5ccccc5c43)cc2)=CCC1. The van der Waals surface area contributed by atoms with E-state index in [9.17, 15) is 0 Å². The summed E-state index contributed by atoms with van der Waals surface area (Å²) in [6, 6.07) is 39.1. The third-order valence-electron chi connectivity index (χ3n) is 9.51. The number of para-hydroxylation sites is 1. The summed E-state index contributed by atoms with van der Waals surface area (Å²) in [5.74, 6) is 0.656. The van der Waals surface area contributed by atoms with Crippen LogP contribution in [-0.4, -0.2) is 14.5 Å². The molecule has 0 saturated carbocycles. The standard InChI is InChI=1S/C42H27N3O/c1-2-10-26(11-3-1)27-18-21-29(22-19-27)45-35-23-20-28-12-4-5-13-30(28)37(35)38-39(45)32-15-7-6-14-31(32)36-33-16-8-17-34(40(33)46-41(36)38)42-43-24-9-25-44-42/h2,4-25H,1,3H2. The van der Waals surface area contributed by atoms with Gasteiger partial charge in [0, 0.05) is 39.6 Å². The molecule has 0 spiro atoms. The van der Waals surface area contributed by atoms with E-state index in [1.165, 1.54) is 32.7 Å². The van der Waals surface area contributed by atoms with E-state index in [-0.39, 0.29) is 0 Å². The molecule has 0 unspecified atom stereocenters. The van der Waals surface area contributed by atoms with Gasteiger partial charge < -0.3 is 8.98 Å². The molecule has 0 aliphatic heterocycles. The van der Waals surface area contributed by atoms with Crippen molar-refractivity contribution in [1.82, 2.24) is 14.5 Å². The van der Waals surface area contributed by atoms with Gasteiger partial charge in [-0.25, -0.2) is 9.97 Å². The van der Waals surface area contributed by atoms with Gasteiger partial charge in [-0.2, -0.15) is 0 Å². The van der Waals surface area contributed by atoms with E-state index in [0.717, 1.165) is 67.8 Å². The van der Waals surface area contributed by atoms with E-state index >= 15 is 0 Å². The number of furan rings is 1. The van der Waals surface area contributed by atoms with Crippen molar-refractivity contribution in [3.63, 3.8) is 0 Å². The lowest BCUT2D eigenvalue weighted by Crippen LogP contribution is -1.95. The van der Waals surface area contributed by atoms with Crippen LogP contribution < -0.4 is 0 Å². The molecule has 1 aliphatic carbocycles. The molecule has 9 aromatic rings. The normalized spacial score (nSPS) is 13.5. The lowest BCUT2D eigenvalue weighted by atomic mass is 9.97. The number of hydrogen-bond acceptors (Lipinski definition) is 3. The largest absolute Gasteiger partial charge is 0.455 e. The fraction of sp³-hybridized carbons (Fsp3) is 0.0476. The molecule has 1 aliphatic rings. The molecule has 10 rings (SSSR count). The van der Waals surface area contributed by atoms with E-state index in [0.29, 0.717) is 5.82 Å². The Bertz CT molecular complexity index is 2730. The zero-order valence-corrected chi connectivity index (χ0v) is 24.9. The highest BCUT2D eigenvalue weighted by atomic mass is 16.3. The van der Waals surface area contributed by atoms with Crippen LogP contribution in [0.3, 0.4) is 0 Å². The minimum atomic E-state index is 0.656. The average Bonchev–Trinajstić information content (AvgIpc) is 3.70. The maximum absolute atomic E-state index is 7.06. The molecule has 4 nitrogen and oxygen atoms in total. The number of hydrogen-bond donors (Lipinski definition) is 0. The van der Waals surface area contributed by atoms with E-state index < -0.39 is 0 Å². The molecular formula is C42H27N3O. The fourth-order valence-electron chi connectivity index (χ4n) is 7.52. The summed E-state index contributed by atoms with van der Waals surface area (Å²) < 4.78 is 9.49. The second-order valence-electron chi connectivity index (χ2n) is 12.0. The van der Waals surface area contributed by atoms with Crippen molar-refractivity contribution >= 4 is 70.9 Å². The first-order valence-corrected chi connectivity index (χ1v) is 15.8. The first-order chi connectivity index (χ1) is 22.8. The lowest BCUT2D eigenvalue weighted by molar-refractivity contribution is 0.673. The highest BCUT2D eigenvalue weighted by Crippen LogP contribution is 2.48. The zero-order valence-electron chi connectivity index (χ0n) is 24.9. The van der Waals surface area contributed by atoms with Crippen molar-refractivity contribution in [2.45, 2.75) is 12.8 Å². The molecule has 3 aromatic heterocycles. The minimum absolute atomic E-state index is 0.656. The molecule has 4 heteroatoms. The summed E-state index contributed by atoms with van der Waals surface area (Å²) in [7, 11) is 0. The predicted molar refractivity (Wildman–Crippen MR) is 190 cm³/mol.